The Kier molecular flexibility index (Phi) is 3.94. The minimum absolute atomic E-state index is 0.0307. The number of carbonyl (C=O) groups excluding carboxylic acids is 1. The van der Waals surface area contributed by atoms with E-state index in [4.69, 9.17) is 9.47 Å². The summed E-state index contributed by atoms with van der Waals surface area (Å²) in [7, 11) is 4.59. The lowest BCUT2D eigenvalue weighted by Gasteiger charge is -2.45. The van der Waals surface area contributed by atoms with E-state index in [1.165, 1.54) is 0 Å². The summed E-state index contributed by atoms with van der Waals surface area (Å²) in [5, 5.41) is 0. The van der Waals surface area contributed by atoms with Crippen LogP contribution in [0.4, 0.5) is 0 Å². The predicted octanol–water partition coefficient (Wildman–Crippen LogP) is 3.29. The molecule has 4 nitrogen and oxygen atoms in total. The highest BCUT2D eigenvalue weighted by molar-refractivity contribution is 5.87. The Labute approximate surface area is 166 Å². The summed E-state index contributed by atoms with van der Waals surface area (Å²) in [6.07, 6.45) is 2.46. The molecule has 3 aliphatic heterocycles. The monoisotopic (exact) mass is 378 g/mol. The Morgan fingerprint density at radius 2 is 1.39 bits per heavy atom. The number of hydrogen-bond donors (Lipinski definition) is 0. The van der Waals surface area contributed by atoms with Gasteiger partial charge >= 0.3 is 5.97 Å². The van der Waals surface area contributed by atoms with Crippen LogP contribution >= 0.6 is 0 Å². The number of ether oxygens (including phenoxy) is 2. The number of likely N-dealkylation sites (N-methyl/N-ethyl adjacent to an activating group) is 1. The highest BCUT2D eigenvalue weighted by Gasteiger charge is 2.70. The van der Waals surface area contributed by atoms with Crippen LogP contribution in [0.3, 0.4) is 0 Å². The number of epoxide rings is 1. The fourth-order valence-corrected chi connectivity index (χ4v) is 5.52. The number of piperidine rings is 1. The number of quaternary nitrogens is 1. The molecule has 2 aromatic rings. The van der Waals surface area contributed by atoms with Crippen molar-refractivity contribution < 1.29 is 18.8 Å². The smallest absolute Gasteiger partial charge is 0.321 e. The van der Waals surface area contributed by atoms with Crippen molar-refractivity contribution in [1.82, 2.24) is 0 Å². The SMILES string of the molecule is CC(C(=O)OC1C[C@@H]2[C@H]3O[C@H]3[C@H](C1)[N+]2(C)C)(c1ccccc1)c1ccccc1. The average molecular weight is 378 g/mol. The van der Waals surface area contributed by atoms with Gasteiger partial charge in [-0.25, -0.2) is 0 Å². The summed E-state index contributed by atoms with van der Waals surface area (Å²) in [6, 6.07) is 20.8. The molecule has 2 aromatic carbocycles. The second-order valence-corrected chi connectivity index (χ2v) is 9.18. The summed E-state index contributed by atoms with van der Waals surface area (Å²) < 4.78 is 13.1. The van der Waals surface area contributed by atoms with Crippen LogP contribution in [0.1, 0.15) is 30.9 Å². The number of esters is 1. The molecule has 3 heterocycles. The molecule has 0 aromatic heterocycles. The molecule has 5 rings (SSSR count). The molecular formula is C24H28NO3+. The molecule has 3 saturated heterocycles. The maximum absolute atomic E-state index is 13.6. The van der Waals surface area contributed by atoms with Gasteiger partial charge in [0.1, 0.15) is 35.8 Å². The van der Waals surface area contributed by atoms with Gasteiger partial charge in [0.05, 0.1) is 14.1 Å². The highest BCUT2D eigenvalue weighted by atomic mass is 16.6. The number of rotatable bonds is 4. The number of hydrogen-bond acceptors (Lipinski definition) is 3. The fraction of sp³-hybridized carbons (Fsp3) is 0.458. The first kappa shape index (κ1) is 17.9. The van der Waals surface area contributed by atoms with E-state index in [9.17, 15) is 4.79 Å². The first-order chi connectivity index (χ1) is 13.4. The van der Waals surface area contributed by atoms with Gasteiger partial charge in [0.2, 0.25) is 0 Å². The zero-order chi connectivity index (χ0) is 19.5. The second-order valence-electron chi connectivity index (χ2n) is 9.18. The van der Waals surface area contributed by atoms with Crippen LogP contribution in [0.5, 0.6) is 0 Å². The number of fused-ring (bicyclic) bond motifs is 5. The van der Waals surface area contributed by atoms with Gasteiger partial charge in [-0.1, -0.05) is 60.7 Å². The maximum atomic E-state index is 13.6. The summed E-state index contributed by atoms with van der Waals surface area (Å²) in [6.45, 7) is 1.98. The van der Waals surface area contributed by atoms with E-state index in [1.807, 2.05) is 67.6 Å². The Hall–Kier alpha value is -2.17. The van der Waals surface area contributed by atoms with E-state index in [2.05, 4.69) is 14.1 Å². The molecule has 0 radical (unpaired) electrons. The predicted molar refractivity (Wildman–Crippen MR) is 107 cm³/mol. The molecule has 0 spiro atoms. The fourth-order valence-electron chi connectivity index (χ4n) is 5.52. The van der Waals surface area contributed by atoms with Gasteiger partial charge in [-0.3, -0.25) is 4.79 Å². The first-order valence-electron chi connectivity index (χ1n) is 10.2. The Bertz CT molecular complexity index is 820. The second kappa shape index (κ2) is 6.16. The van der Waals surface area contributed by atoms with Crippen molar-refractivity contribution in [2.24, 2.45) is 0 Å². The number of carbonyl (C=O) groups is 1. The summed E-state index contributed by atoms with van der Waals surface area (Å²) >= 11 is 0. The van der Waals surface area contributed by atoms with Gasteiger partial charge in [0.25, 0.3) is 0 Å². The molecule has 4 heteroatoms. The van der Waals surface area contributed by atoms with E-state index >= 15 is 0 Å². The maximum Gasteiger partial charge on any atom is 0.321 e. The van der Waals surface area contributed by atoms with Crippen LogP contribution in [-0.2, 0) is 19.7 Å². The van der Waals surface area contributed by atoms with E-state index < -0.39 is 5.41 Å². The third kappa shape index (κ3) is 2.55. The van der Waals surface area contributed by atoms with Crippen molar-refractivity contribution >= 4 is 5.97 Å². The van der Waals surface area contributed by atoms with Gasteiger partial charge in [-0.2, -0.15) is 0 Å². The van der Waals surface area contributed by atoms with Crippen LogP contribution in [0.25, 0.3) is 0 Å². The van der Waals surface area contributed by atoms with Crippen LogP contribution < -0.4 is 0 Å². The van der Waals surface area contributed by atoms with Gasteiger partial charge in [0, 0.05) is 12.8 Å². The average Bonchev–Trinajstić information content (AvgIpc) is 3.47. The van der Waals surface area contributed by atoms with Crippen molar-refractivity contribution in [2.45, 2.75) is 55.6 Å². The molecule has 146 valence electrons. The van der Waals surface area contributed by atoms with Crippen molar-refractivity contribution in [3.63, 3.8) is 0 Å². The highest BCUT2D eigenvalue weighted by Crippen LogP contribution is 2.52. The molecule has 0 saturated carbocycles. The zero-order valence-corrected chi connectivity index (χ0v) is 16.7. The van der Waals surface area contributed by atoms with Gasteiger partial charge in [-0.05, 0) is 18.1 Å². The van der Waals surface area contributed by atoms with Crippen LogP contribution in [0, 0.1) is 0 Å². The summed E-state index contributed by atoms with van der Waals surface area (Å²) in [5.74, 6) is -0.156. The molecule has 0 amide bonds. The summed E-state index contributed by atoms with van der Waals surface area (Å²) in [5.41, 5.74) is 1.11. The Morgan fingerprint density at radius 1 is 0.929 bits per heavy atom. The van der Waals surface area contributed by atoms with E-state index in [0.29, 0.717) is 24.3 Å². The van der Waals surface area contributed by atoms with Gasteiger partial charge in [-0.15, -0.1) is 0 Å². The lowest BCUT2D eigenvalue weighted by atomic mass is 9.76. The standard InChI is InChI=1S/C24H28NO3/c1-24(16-10-6-4-7-11-16,17-12-8-5-9-13-17)23(26)27-18-14-19-21-22(28-21)20(15-18)25(19,2)3/h4-13,18-22H,14-15H2,1-3H3/q+1/t18?,19-,20+,21-,22+. The van der Waals surface area contributed by atoms with Crippen LogP contribution in [-0.4, -0.2) is 54.9 Å². The third-order valence-electron chi connectivity index (χ3n) is 7.42. The number of morpholine rings is 1. The quantitative estimate of drug-likeness (QED) is 0.466. The zero-order valence-electron chi connectivity index (χ0n) is 16.7. The lowest BCUT2D eigenvalue weighted by molar-refractivity contribution is -0.938. The van der Waals surface area contributed by atoms with Crippen molar-refractivity contribution in [3.05, 3.63) is 71.8 Å². The van der Waals surface area contributed by atoms with E-state index in [1.54, 1.807) is 0 Å². The number of benzene rings is 2. The van der Waals surface area contributed by atoms with Crippen molar-refractivity contribution in [3.8, 4) is 0 Å². The van der Waals surface area contributed by atoms with E-state index in [0.717, 1.165) is 28.5 Å². The molecule has 0 aliphatic carbocycles. The largest absolute Gasteiger partial charge is 0.461 e. The first-order valence-corrected chi connectivity index (χ1v) is 10.2. The third-order valence-corrected chi connectivity index (χ3v) is 7.42. The van der Waals surface area contributed by atoms with Crippen molar-refractivity contribution in [2.75, 3.05) is 14.1 Å². The Morgan fingerprint density at radius 3 is 1.86 bits per heavy atom. The molecule has 3 fully saturated rings. The molecule has 2 bridgehead atoms. The van der Waals surface area contributed by atoms with Crippen LogP contribution in [0.15, 0.2) is 60.7 Å². The van der Waals surface area contributed by atoms with Crippen molar-refractivity contribution in [1.29, 1.82) is 0 Å². The topological polar surface area (TPSA) is 38.8 Å². The molecule has 0 N–H and O–H groups in total. The molecule has 3 aliphatic rings. The minimum atomic E-state index is -0.817. The minimum Gasteiger partial charge on any atom is -0.461 e. The molecule has 28 heavy (non-hydrogen) atoms. The Balaban J connectivity index is 1.42. The van der Waals surface area contributed by atoms with Gasteiger partial charge in [0.15, 0.2) is 0 Å². The summed E-state index contributed by atoms with van der Waals surface area (Å²) in [4.78, 5) is 13.6. The normalized spacial score (nSPS) is 32.5. The molecular weight excluding hydrogens is 350 g/mol. The molecule has 5 atom stereocenters. The molecule has 1 unspecified atom stereocenters. The van der Waals surface area contributed by atoms with E-state index in [-0.39, 0.29) is 12.1 Å². The number of nitrogens with zero attached hydrogens (tertiary/aromatic N) is 1. The van der Waals surface area contributed by atoms with Crippen LogP contribution in [0.2, 0.25) is 0 Å². The lowest BCUT2D eigenvalue weighted by Crippen LogP contribution is -2.60. The van der Waals surface area contributed by atoms with Gasteiger partial charge < -0.3 is 14.0 Å².